The highest BCUT2D eigenvalue weighted by Crippen LogP contribution is 2.20. The largest absolute Gasteiger partial charge is 0.383 e. The van der Waals surface area contributed by atoms with Crippen molar-refractivity contribution in [3.8, 4) is 0 Å². The van der Waals surface area contributed by atoms with E-state index in [1.165, 1.54) is 19.2 Å². The highest BCUT2D eigenvalue weighted by molar-refractivity contribution is 6.04. The van der Waals surface area contributed by atoms with E-state index in [9.17, 15) is 0 Å². The zero-order chi connectivity index (χ0) is 13.8. The number of nitrogen functional groups attached to an aromatic ring is 1. The highest BCUT2D eigenvalue weighted by Gasteiger charge is 2.18. The normalized spacial score (nSPS) is 17.4. The maximum Gasteiger partial charge on any atom is 0.140 e. The number of aromatic nitrogens is 2. The Bertz CT molecular complexity index is 450. The molecule has 19 heavy (non-hydrogen) atoms. The third kappa shape index (κ3) is 3.41. The molecule has 1 aromatic heterocycles. The second kappa shape index (κ2) is 5.97. The summed E-state index contributed by atoms with van der Waals surface area (Å²) in [6.07, 6.45) is 3.84. The van der Waals surface area contributed by atoms with E-state index in [4.69, 9.17) is 11.1 Å². The van der Waals surface area contributed by atoms with Crippen LogP contribution >= 0.6 is 0 Å². The Morgan fingerprint density at radius 1 is 1.47 bits per heavy atom. The van der Waals surface area contributed by atoms with Crippen LogP contribution in [0.4, 0.5) is 11.6 Å². The van der Waals surface area contributed by atoms with Gasteiger partial charge in [-0.2, -0.15) is 0 Å². The van der Waals surface area contributed by atoms with Crippen LogP contribution in [0.15, 0.2) is 6.33 Å². The van der Waals surface area contributed by atoms with Crippen LogP contribution in [0.1, 0.15) is 25.3 Å². The van der Waals surface area contributed by atoms with Crippen LogP contribution in [0.3, 0.4) is 0 Å². The van der Waals surface area contributed by atoms with E-state index in [-0.39, 0.29) is 0 Å². The molecule has 2 rings (SSSR count). The van der Waals surface area contributed by atoms with Gasteiger partial charge < -0.3 is 21.4 Å². The number of nitrogens with zero attached hydrogens (tertiary/aromatic N) is 3. The summed E-state index contributed by atoms with van der Waals surface area (Å²) in [6, 6.07) is 0. The van der Waals surface area contributed by atoms with Crippen molar-refractivity contribution in [2.24, 2.45) is 5.92 Å². The molecule has 0 bridgehead atoms. The van der Waals surface area contributed by atoms with Crippen molar-refractivity contribution in [2.75, 3.05) is 37.7 Å². The number of rotatable bonds is 4. The van der Waals surface area contributed by atoms with Gasteiger partial charge in [-0.05, 0) is 45.8 Å². The molecule has 0 amide bonds. The van der Waals surface area contributed by atoms with Gasteiger partial charge in [0.25, 0.3) is 0 Å². The first-order valence-corrected chi connectivity index (χ1v) is 6.66. The Morgan fingerprint density at radius 2 is 2.16 bits per heavy atom. The predicted octanol–water partition coefficient (Wildman–Crippen LogP) is 1.20. The molecule has 0 radical (unpaired) electrons. The van der Waals surface area contributed by atoms with Crippen molar-refractivity contribution >= 4 is 17.3 Å². The third-order valence-electron chi connectivity index (χ3n) is 3.65. The van der Waals surface area contributed by atoms with Gasteiger partial charge in [-0.3, -0.25) is 0 Å². The van der Waals surface area contributed by atoms with Gasteiger partial charge in [0, 0.05) is 12.3 Å². The lowest BCUT2D eigenvalue weighted by molar-refractivity contribution is 0.226. The van der Waals surface area contributed by atoms with Crippen molar-refractivity contribution in [1.82, 2.24) is 14.9 Å². The first kappa shape index (κ1) is 13.7. The molecule has 2 heterocycles. The molecule has 1 fully saturated rings. The van der Waals surface area contributed by atoms with Gasteiger partial charge in [0.2, 0.25) is 0 Å². The van der Waals surface area contributed by atoms with Crippen molar-refractivity contribution < 1.29 is 0 Å². The van der Waals surface area contributed by atoms with Crippen LogP contribution in [-0.4, -0.2) is 47.3 Å². The van der Waals surface area contributed by atoms with E-state index in [0.717, 1.165) is 19.6 Å². The molecule has 104 valence electrons. The smallest absolute Gasteiger partial charge is 0.140 e. The minimum atomic E-state index is 0.369. The molecule has 1 aliphatic heterocycles. The fourth-order valence-corrected chi connectivity index (χ4v) is 2.41. The fraction of sp³-hybridized carbons (Fsp3) is 0.615. The monoisotopic (exact) mass is 262 g/mol. The lowest BCUT2D eigenvalue weighted by Gasteiger charge is -2.29. The number of nitrogens with two attached hydrogens (primary N) is 1. The number of anilines is 2. The Hall–Kier alpha value is -1.69. The molecular formula is C13H22N6. The predicted molar refractivity (Wildman–Crippen MR) is 77.7 cm³/mol. The van der Waals surface area contributed by atoms with Gasteiger partial charge in [-0.25, -0.2) is 9.97 Å². The van der Waals surface area contributed by atoms with E-state index < -0.39 is 0 Å². The van der Waals surface area contributed by atoms with Gasteiger partial charge in [0.05, 0.1) is 5.56 Å². The third-order valence-corrected chi connectivity index (χ3v) is 3.65. The first-order valence-electron chi connectivity index (χ1n) is 6.66. The fourth-order valence-electron chi connectivity index (χ4n) is 2.41. The topological polar surface area (TPSA) is 90.9 Å². The summed E-state index contributed by atoms with van der Waals surface area (Å²) < 4.78 is 0. The molecule has 4 N–H and O–H groups in total. The standard InChI is InChI=1S/C13H22N6/c1-9(14)11-12(15)17-8-18-13(11)16-7-10-3-5-19(2)6-4-10/h8,10,14H,3-7H2,1-2H3,(H3,15,16,17,18). The molecule has 0 spiro atoms. The van der Waals surface area contributed by atoms with Gasteiger partial charge in [-0.1, -0.05) is 0 Å². The van der Waals surface area contributed by atoms with E-state index in [0.29, 0.717) is 28.8 Å². The number of nitrogens with one attached hydrogen (secondary N) is 2. The number of hydrogen-bond donors (Lipinski definition) is 3. The van der Waals surface area contributed by atoms with Crippen LogP contribution in [-0.2, 0) is 0 Å². The van der Waals surface area contributed by atoms with Crippen molar-refractivity contribution in [2.45, 2.75) is 19.8 Å². The molecule has 1 aliphatic rings. The summed E-state index contributed by atoms with van der Waals surface area (Å²) in [7, 11) is 2.16. The van der Waals surface area contributed by atoms with Crippen molar-refractivity contribution in [3.63, 3.8) is 0 Å². The minimum absolute atomic E-state index is 0.369. The Labute approximate surface area is 113 Å². The lowest BCUT2D eigenvalue weighted by atomic mass is 9.97. The summed E-state index contributed by atoms with van der Waals surface area (Å²) in [6.45, 7) is 4.88. The van der Waals surface area contributed by atoms with E-state index >= 15 is 0 Å². The number of likely N-dealkylation sites (tertiary alicyclic amines) is 1. The van der Waals surface area contributed by atoms with Crippen LogP contribution < -0.4 is 11.1 Å². The first-order chi connectivity index (χ1) is 9.08. The van der Waals surface area contributed by atoms with Crippen LogP contribution in [0.25, 0.3) is 0 Å². The molecule has 6 nitrogen and oxygen atoms in total. The molecule has 1 saturated heterocycles. The average molecular weight is 262 g/mol. The number of hydrogen-bond acceptors (Lipinski definition) is 6. The van der Waals surface area contributed by atoms with E-state index in [2.05, 4.69) is 27.2 Å². The van der Waals surface area contributed by atoms with Crippen molar-refractivity contribution in [1.29, 1.82) is 5.41 Å². The average Bonchev–Trinajstić information content (AvgIpc) is 2.37. The van der Waals surface area contributed by atoms with E-state index in [1.54, 1.807) is 6.92 Å². The summed E-state index contributed by atoms with van der Waals surface area (Å²) >= 11 is 0. The highest BCUT2D eigenvalue weighted by atomic mass is 15.1. The number of piperidine rings is 1. The zero-order valence-electron chi connectivity index (χ0n) is 11.6. The molecule has 6 heteroatoms. The Balaban J connectivity index is 2.00. The zero-order valence-corrected chi connectivity index (χ0v) is 11.6. The molecule has 0 aromatic carbocycles. The van der Waals surface area contributed by atoms with Gasteiger partial charge in [0.1, 0.15) is 18.0 Å². The maximum absolute atomic E-state index is 7.76. The molecule has 0 saturated carbocycles. The summed E-state index contributed by atoms with van der Waals surface area (Å²) in [5.74, 6) is 1.71. The second-order valence-corrected chi connectivity index (χ2v) is 5.24. The second-order valence-electron chi connectivity index (χ2n) is 5.24. The molecule has 0 unspecified atom stereocenters. The molecule has 1 aromatic rings. The van der Waals surface area contributed by atoms with Gasteiger partial charge >= 0.3 is 0 Å². The molecule has 0 atom stereocenters. The summed E-state index contributed by atoms with van der Waals surface area (Å²) in [4.78, 5) is 10.5. The summed E-state index contributed by atoms with van der Waals surface area (Å²) in [5.41, 5.74) is 6.82. The van der Waals surface area contributed by atoms with Crippen LogP contribution in [0.2, 0.25) is 0 Å². The van der Waals surface area contributed by atoms with Crippen LogP contribution in [0, 0.1) is 11.3 Å². The Morgan fingerprint density at radius 3 is 2.79 bits per heavy atom. The quantitative estimate of drug-likeness (QED) is 0.709. The molecular weight excluding hydrogens is 240 g/mol. The maximum atomic E-state index is 7.76. The van der Waals surface area contributed by atoms with Gasteiger partial charge in [-0.15, -0.1) is 0 Å². The summed E-state index contributed by atoms with van der Waals surface area (Å²) in [5, 5.41) is 11.1. The minimum Gasteiger partial charge on any atom is -0.383 e. The van der Waals surface area contributed by atoms with Gasteiger partial charge in [0.15, 0.2) is 0 Å². The van der Waals surface area contributed by atoms with E-state index in [1.807, 2.05) is 0 Å². The SMILES string of the molecule is CC(=N)c1c(N)ncnc1NCC1CCN(C)CC1. The van der Waals surface area contributed by atoms with Crippen LogP contribution in [0.5, 0.6) is 0 Å². The molecule has 0 aliphatic carbocycles. The lowest BCUT2D eigenvalue weighted by Crippen LogP contribution is -2.33. The Kier molecular flexibility index (Phi) is 4.31. The van der Waals surface area contributed by atoms with Crippen molar-refractivity contribution in [3.05, 3.63) is 11.9 Å².